The molecule has 0 saturated heterocycles. The number of para-hydroxylation sites is 2. The van der Waals surface area contributed by atoms with E-state index in [9.17, 15) is 4.79 Å². The summed E-state index contributed by atoms with van der Waals surface area (Å²) in [4.78, 5) is 12.7. The molecular weight excluding hydrogens is 310 g/mol. The molecule has 0 aliphatic rings. The fourth-order valence-corrected chi connectivity index (χ4v) is 3.03. The van der Waals surface area contributed by atoms with Gasteiger partial charge in [0.05, 0.1) is 23.1 Å². The van der Waals surface area contributed by atoms with Gasteiger partial charge in [0.15, 0.2) is 0 Å². The largest absolute Gasteiger partial charge is 0.322 e. The normalized spacial score (nSPS) is 10.7. The molecule has 128 valence electrons. The van der Waals surface area contributed by atoms with E-state index in [-0.39, 0.29) is 5.91 Å². The van der Waals surface area contributed by atoms with Crippen LogP contribution in [0.2, 0.25) is 0 Å². The molecule has 0 aliphatic heterocycles. The Morgan fingerprint density at radius 1 is 1.00 bits per heavy atom. The number of anilines is 1. The molecule has 0 aliphatic carbocycles. The van der Waals surface area contributed by atoms with Gasteiger partial charge >= 0.3 is 0 Å². The number of aryl methyl sites for hydroxylation is 2. The predicted molar refractivity (Wildman–Crippen MR) is 101 cm³/mol. The van der Waals surface area contributed by atoms with Crippen molar-refractivity contribution in [3.8, 4) is 5.69 Å². The standard InChI is InChI=1S/C21H23N3O/c1-4-16-10-6-8-12-19(16)23-21(25)18-14-22-24(15(18)3)20-13-9-7-11-17(20)5-2/h6-14H,4-5H2,1-3H3,(H,23,25). The first-order chi connectivity index (χ1) is 12.2. The van der Waals surface area contributed by atoms with Crippen molar-refractivity contribution in [2.24, 2.45) is 0 Å². The van der Waals surface area contributed by atoms with Gasteiger partial charge in [0, 0.05) is 5.69 Å². The van der Waals surface area contributed by atoms with Crippen molar-refractivity contribution in [2.75, 3.05) is 5.32 Å². The van der Waals surface area contributed by atoms with E-state index in [1.165, 1.54) is 5.56 Å². The summed E-state index contributed by atoms with van der Waals surface area (Å²) < 4.78 is 1.85. The minimum atomic E-state index is -0.126. The molecule has 1 amide bonds. The predicted octanol–water partition coefficient (Wildman–Crippen LogP) is 4.56. The van der Waals surface area contributed by atoms with Crippen molar-refractivity contribution < 1.29 is 4.79 Å². The summed E-state index contributed by atoms with van der Waals surface area (Å²) in [6.07, 6.45) is 3.44. The quantitative estimate of drug-likeness (QED) is 0.744. The third-order valence-electron chi connectivity index (χ3n) is 4.50. The summed E-state index contributed by atoms with van der Waals surface area (Å²) in [5, 5.41) is 7.48. The lowest BCUT2D eigenvalue weighted by atomic mass is 10.1. The summed E-state index contributed by atoms with van der Waals surface area (Å²) >= 11 is 0. The van der Waals surface area contributed by atoms with E-state index in [4.69, 9.17) is 0 Å². The lowest BCUT2D eigenvalue weighted by Crippen LogP contribution is -2.14. The topological polar surface area (TPSA) is 46.9 Å². The van der Waals surface area contributed by atoms with Crippen molar-refractivity contribution in [1.82, 2.24) is 9.78 Å². The highest BCUT2D eigenvalue weighted by Crippen LogP contribution is 2.21. The second kappa shape index (κ2) is 7.34. The van der Waals surface area contributed by atoms with Crippen LogP contribution in [0.5, 0.6) is 0 Å². The molecule has 0 fully saturated rings. The maximum absolute atomic E-state index is 12.7. The molecule has 1 heterocycles. The number of hydrogen-bond acceptors (Lipinski definition) is 2. The Kier molecular flexibility index (Phi) is 4.98. The van der Waals surface area contributed by atoms with E-state index < -0.39 is 0 Å². The Hall–Kier alpha value is -2.88. The van der Waals surface area contributed by atoms with E-state index in [1.54, 1.807) is 6.20 Å². The van der Waals surface area contributed by atoms with E-state index >= 15 is 0 Å². The van der Waals surface area contributed by atoms with Crippen LogP contribution in [-0.4, -0.2) is 15.7 Å². The average molecular weight is 333 g/mol. The van der Waals surface area contributed by atoms with Crippen LogP contribution in [0.4, 0.5) is 5.69 Å². The number of rotatable bonds is 5. The highest BCUT2D eigenvalue weighted by atomic mass is 16.1. The lowest BCUT2D eigenvalue weighted by Gasteiger charge is -2.11. The van der Waals surface area contributed by atoms with Crippen molar-refractivity contribution >= 4 is 11.6 Å². The summed E-state index contributed by atoms with van der Waals surface area (Å²) in [7, 11) is 0. The van der Waals surface area contributed by atoms with Gasteiger partial charge in [-0.05, 0) is 43.0 Å². The highest BCUT2D eigenvalue weighted by molar-refractivity contribution is 6.05. The Bertz CT molecular complexity index is 896. The zero-order valence-corrected chi connectivity index (χ0v) is 14.9. The van der Waals surface area contributed by atoms with Crippen LogP contribution in [0.3, 0.4) is 0 Å². The van der Waals surface area contributed by atoms with Gasteiger partial charge < -0.3 is 5.32 Å². The molecule has 0 saturated carbocycles. The monoisotopic (exact) mass is 333 g/mol. The molecule has 3 rings (SSSR count). The van der Waals surface area contributed by atoms with Crippen molar-refractivity contribution in [1.29, 1.82) is 0 Å². The summed E-state index contributed by atoms with van der Waals surface area (Å²) in [6.45, 7) is 6.13. The first-order valence-corrected chi connectivity index (χ1v) is 8.67. The first kappa shape index (κ1) is 17.0. The van der Waals surface area contributed by atoms with Gasteiger partial charge in [0.2, 0.25) is 0 Å². The number of amides is 1. The third-order valence-corrected chi connectivity index (χ3v) is 4.50. The fraction of sp³-hybridized carbons (Fsp3) is 0.238. The summed E-state index contributed by atoms with van der Waals surface area (Å²) in [5.74, 6) is -0.126. The number of benzene rings is 2. The molecule has 1 N–H and O–H groups in total. The maximum Gasteiger partial charge on any atom is 0.259 e. The van der Waals surface area contributed by atoms with Gasteiger partial charge in [-0.1, -0.05) is 50.2 Å². The fourth-order valence-electron chi connectivity index (χ4n) is 3.03. The molecule has 25 heavy (non-hydrogen) atoms. The molecular formula is C21H23N3O. The molecule has 1 aromatic heterocycles. The highest BCUT2D eigenvalue weighted by Gasteiger charge is 2.17. The van der Waals surface area contributed by atoms with Crippen molar-refractivity contribution in [3.63, 3.8) is 0 Å². The molecule has 0 bridgehead atoms. The SMILES string of the molecule is CCc1ccccc1NC(=O)c1cnn(-c2ccccc2CC)c1C. The van der Waals surface area contributed by atoms with Crippen LogP contribution in [0.1, 0.15) is 41.0 Å². The first-order valence-electron chi connectivity index (χ1n) is 8.67. The Morgan fingerprint density at radius 2 is 1.64 bits per heavy atom. The average Bonchev–Trinajstić information content (AvgIpc) is 3.03. The van der Waals surface area contributed by atoms with Crippen LogP contribution >= 0.6 is 0 Å². The number of nitrogens with one attached hydrogen (secondary N) is 1. The number of aromatic nitrogens is 2. The van der Waals surface area contributed by atoms with E-state index in [2.05, 4.69) is 30.3 Å². The summed E-state index contributed by atoms with van der Waals surface area (Å²) in [6, 6.07) is 16.0. The Balaban J connectivity index is 1.92. The smallest absolute Gasteiger partial charge is 0.259 e. The van der Waals surface area contributed by atoms with Gasteiger partial charge in [0.25, 0.3) is 5.91 Å². The van der Waals surface area contributed by atoms with E-state index in [1.807, 2.05) is 54.1 Å². The van der Waals surface area contributed by atoms with Gasteiger partial charge in [-0.15, -0.1) is 0 Å². The van der Waals surface area contributed by atoms with Gasteiger partial charge in [-0.25, -0.2) is 4.68 Å². The van der Waals surface area contributed by atoms with Gasteiger partial charge in [-0.2, -0.15) is 5.10 Å². The van der Waals surface area contributed by atoms with E-state index in [0.29, 0.717) is 5.56 Å². The molecule has 3 aromatic rings. The summed E-state index contributed by atoms with van der Waals surface area (Å²) in [5.41, 5.74) is 5.64. The second-order valence-electron chi connectivity index (χ2n) is 6.00. The van der Waals surface area contributed by atoms with Crippen LogP contribution in [0, 0.1) is 6.92 Å². The van der Waals surface area contributed by atoms with Crippen molar-refractivity contribution in [2.45, 2.75) is 33.6 Å². The molecule has 0 atom stereocenters. The molecule has 0 radical (unpaired) electrons. The Labute approximate surface area is 148 Å². The minimum Gasteiger partial charge on any atom is -0.322 e. The molecule has 0 unspecified atom stereocenters. The zero-order valence-electron chi connectivity index (χ0n) is 14.9. The van der Waals surface area contributed by atoms with E-state index in [0.717, 1.165) is 35.5 Å². The third kappa shape index (κ3) is 3.33. The van der Waals surface area contributed by atoms with Crippen LogP contribution in [0.25, 0.3) is 5.69 Å². The molecule has 4 nitrogen and oxygen atoms in total. The van der Waals surface area contributed by atoms with Crippen LogP contribution in [0.15, 0.2) is 54.7 Å². The van der Waals surface area contributed by atoms with Crippen LogP contribution in [-0.2, 0) is 12.8 Å². The maximum atomic E-state index is 12.7. The molecule has 2 aromatic carbocycles. The second-order valence-corrected chi connectivity index (χ2v) is 6.00. The molecule has 0 spiro atoms. The minimum absolute atomic E-state index is 0.126. The Morgan fingerprint density at radius 3 is 2.36 bits per heavy atom. The lowest BCUT2D eigenvalue weighted by molar-refractivity contribution is 0.102. The van der Waals surface area contributed by atoms with Crippen LogP contribution < -0.4 is 5.32 Å². The zero-order chi connectivity index (χ0) is 17.8. The van der Waals surface area contributed by atoms with Gasteiger partial charge in [-0.3, -0.25) is 4.79 Å². The number of carbonyl (C=O) groups excluding carboxylic acids is 1. The number of nitrogens with zero attached hydrogens (tertiary/aromatic N) is 2. The number of hydrogen-bond donors (Lipinski definition) is 1. The van der Waals surface area contributed by atoms with Crippen molar-refractivity contribution in [3.05, 3.63) is 77.1 Å². The molecule has 4 heteroatoms. The van der Waals surface area contributed by atoms with Gasteiger partial charge in [0.1, 0.15) is 0 Å². The number of carbonyl (C=O) groups is 1.